The minimum Gasteiger partial charge on any atom is -0.364 e. The Bertz CT molecular complexity index is 436. The van der Waals surface area contributed by atoms with Crippen LogP contribution in [0.5, 0.6) is 0 Å². The Kier molecular flexibility index (Phi) is 6.21. The number of likely N-dealkylation sites (N-methyl/N-ethyl adjacent to an activating group) is 1. The molecule has 1 amide bonds. The number of amides is 1. The molecule has 116 valence electrons. The third kappa shape index (κ3) is 4.83. The number of carbonyl (C=O) groups excluding carboxylic acids is 1. The third-order valence-corrected chi connectivity index (χ3v) is 4.07. The fourth-order valence-corrected chi connectivity index (χ4v) is 2.74. The van der Waals surface area contributed by atoms with Gasteiger partial charge in [-0.05, 0) is 37.7 Å². The van der Waals surface area contributed by atoms with E-state index in [4.69, 9.17) is 10.5 Å². The van der Waals surface area contributed by atoms with Crippen LogP contribution in [0.15, 0.2) is 30.3 Å². The van der Waals surface area contributed by atoms with Crippen LogP contribution in [0.1, 0.15) is 31.2 Å². The Labute approximate surface area is 127 Å². The average Bonchev–Trinajstić information content (AvgIpc) is 3.00. The molecule has 2 rings (SSSR count). The first-order valence-corrected chi connectivity index (χ1v) is 7.85. The zero-order valence-corrected chi connectivity index (χ0v) is 12.8. The molecule has 0 aromatic heterocycles. The maximum absolute atomic E-state index is 12.2. The molecule has 0 bridgehead atoms. The van der Waals surface area contributed by atoms with Crippen molar-refractivity contribution in [1.82, 2.24) is 4.90 Å². The number of nitrogens with zero attached hydrogens (tertiary/aromatic N) is 1. The molecule has 4 nitrogen and oxygen atoms in total. The summed E-state index contributed by atoms with van der Waals surface area (Å²) in [4.78, 5) is 14.0. The molecule has 1 aliphatic heterocycles. The van der Waals surface area contributed by atoms with E-state index in [1.165, 1.54) is 5.56 Å². The lowest BCUT2D eigenvalue weighted by molar-refractivity contribution is -0.141. The van der Waals surface area contributed by atoms with Gasteiger partial charge in [-0.1, -0.05) is 30.3 Å². The molecule has 1 aliphatic rings. The minimum absolute atomic E-state index is 0.0606. The van der Waals surface area contributed by atoms with Gasteiger partial charge in [-0.3, -0.25) is 4.79 Å². The zero-order valence-electron chi connectivity index (χ0n) is 12.8. The number of hydrogen-bond donors (Lipinski definition) is 1. The van der Waals surface area contributed by atoms with Crippen LogP contribution in [0.4, 0.5) is 0 Å². The highest BCUT2D eigenvalue weighted by atomic mass is 16.5. The second-order valence-electron chi connectivity index (χ2n) is 5.76. The average molecular weight is 290 g/mol. The number of carbonyl (C=O) groups is 1. The van der Waals surface area contributed by atoms with Crippen LogP contribution < -0.4 is 5.73 Å². The van der Waals surface area contributed by atoms with Gasteiger partial charge >= 0.3 is 0 Å². The maximum atomic E-state index is 12.2. The van der Waals surface area contributed by atoms with Gasteiger partial charge in [-0.15, -0.1) is 0 Å². The van der Waals surface area contributed by atoms with E-state index in [-0.39, 0.29) is 18.1 Å². The van der Waals surface area contributed by atoms with Crippen LogP contribution in [0, 0.1) is 0 Å². The van der Waals surface area contributed by atoms with Gasteiger partial charge in [-0.2, -0.15) is 0 Å². The van der Waals surface area contributed by atoms with E-state index in [1.54, 1.807) is 4.90 Å². The summed E-state index contributed by atoms with van der Waals surface area (Å²) in [6, 6.07) is 10.5. The molecule has 0 spiro atoms. The second-order valence-corrected chi connectivity index (χ2v) is 5.76. The highest BCUT2D eigenvalue weighted by molar-refractivity contribution is 5.80. The molecular formula is C17H26N2O2. The Hall–Kier alpha value is -1.39. The highest BCUT2D eigenvalue weighted by Gasteiger charge is 2.31. The molecule has 1 aromatic rings. The van der Waals surface area contributed by atoms with Gasteiger partial charge in [0.2, 0.25) is 0 Å². The maximum Gasteiger partial charge on any atom is 0.251 e. The van der Waals surface area contributed by atoms with Crippen molar-refractivity contribution < 1.29 is 9.53 Å². The standard InChI is InChI=1S/C17H26N2O2/c1-19(17(20)16-11-10-15(13-18)21-16)12-6-5-9-14-7-3-2-4-8-14/h2-4,7-8,15-16H,5-6,9-13,18H2,1H3/t15-,16+/m1/s1. The topological polar surface area (TPSA) is 55.6 Å². The van der Waals surface area contributed by atoms with Gasteiger partial charge in [0.15, 0.2) is 0 Å². The van der Waals surface area contributed by atoms with Crippen LogP contribution in [0.25, 0.3) is 0 Å². The molecule has 0 unspecified atom stereocenters. The van der Waals surface area contributed by atoms with Crippen LogP contribution in [0.2, 0.25) is 0 Å². The summed E-state index contributed by atoms with van der Waals surface area (Å²) in [5.74, 6) is 0.102. The third-order valence-electron chi connectivity index (χ3n) is 4.07. The summed E-state index contributed by atoms with van der Waals surface area (Å²) in [5, 5.41) is 0. The van der Waals surface area contributed by atoms with Crippen molar-refractivity contribution >= 4 is 5.91 Å². The SMILES string of the molecule is CN(CCCCc1ccccc1)C(=O)[C@@H]1CC[C@H](CN)O1. The van der Waals surface area contributed by atoms with Gasteiger partial charge in [-0.25, -0.2) is 0 Å². The van der Waals surface area contributed by atoms with E-state index in [1.807, 2.05) is 13.1 Å². The lowest BCUT2D eigenvalue weighted by atomic mass is 10.1. The first-order valence-electron chi connectivity index (χ1n) is 7.85. The molecule has 21 heavy (non-hydrogen) atoms. The van der Waals surface area contributed by atoms with Crippen molar-refractivity contribution in [3.05, 3.63) is 35.9 Å². The first kappa shape index (κ1) is 16.0. The van der Waals surface area contributed by atoms with Gasteiger partial charge in [0.1, 0.15) is 6.10 Å². The van der Waals surface area contributed by atoms with Crippen LogP contribution >= 0.6 is 0 Å². The van der Waals surface area contributed by atoms with Crippen LogP contribution in [-0.2, 0) is 16.0 Å². The number of benzene rings is 1. The summed E-state index contributed by atoms with van der Waals surface area (Å²) >= 11 is 0. The molecule has 0 saturated carbocycles. The summed E-state index contributed by atoms with van der Waals surface area (Å²) in [6.45, 7) is 1.30. The number of nitrogens with two attached hydrogens (primary N) is 1. The Balaban J connectivity index is 1.65. The number of unbranched alkanes of at least 4 members (excludes halogenated alkanes) is 1. The van der Waals surface area contributed by atoms with Gasteiger partial charge in [0.05, 0.1) is 6.10 Å². The van der Waals surface area contributed by atoms with E-state index >= 15 is 0 Å². The lowest BCUT2D eigenvalue weighted by Crippen LogP contribution is -2.37. The number of ether oxygens (including phenoxy) is 1. The molecule has 2 N–H and O–H groups in total. The van der Waals surface area contributed by atoms with Gasteiger partial charge in [0, 0.05) is 20.1 Å². The van der Waals surface area contributed by atoms with Crippen molar-refractivity contribution in [2.24, 2.45) is 5.73 Å². The quantitative estimate of drug-likeness (QED) is 0.781. The van der Waals surface area contributed by atoms with E-state index in [0.717, 1.165) is 38.6 Å². The van der Waals surface area contributed by atoms with E-state index in [9.17, 15) is 4.79 Å². The molecule has 1 aromatic carbocycles. The Morgan fingerprint density at radius 2 is 2.05 bits per heavy atom. The molecule has 4 heteroatoms. The number of hydrogen-bond acceptors (Lipinski definition) is 3. The van der Waals surface area contributed by atoms with Crippen molar-refractivity contribution in [2.45, 2.75) is 44.3 Å². The summed E-state index contributed by atoms with van der Waals surface area (Å²) < 4.78 is 5.65. The Morgan fingerprint density at radius 1 is 1.29 bits per heavy atom. The normalized spacial score (nSPS) is 21.4. The Morgan fingerprint density at radius 3 is 2.71 bits per heavy atom. The molecule has 1 fully saturated rings. The lowest BCUT2D eigenvalue weighted by Gasteiger charge is -2.21. The van der Waals surface area contributed by atoms with Crippen LogP contribution in [0.3, 0.4) is 0 Å². The zero-order chi connectivity index (χ0) is 15.1. The first-order chi connectivity index (χ1) is 10.2. The molecule has 1 saturated heterocycles. The van der Waals surface area contributed by atoms with Crippen molar-refractivity contribution in [3.63, 3.8) is 0 Å². The molecule has 0 aliphatic carbocycles. The van der Waals surface area contributed by atoms with Crippen molar-refractivity contribution in [1.29, 1.82) is 0 Å². The smallest absolute Gasteiger partial charge is 0.251 e. The molecule has 2 atom stereocenters. The fourth-order valence-electron chi connectivity index (χ4n) is 2.74. The predicted octanol–water partition coefficient (Wildman–Crippen LogP) is 1.97. The minimum atomic E-state index is -0.280. The summed E-state index contributed by atoms with van der Waals surface area (Å²) in [7, 11) is 1.87. The van der Waals surface area contributed by atoms with Crippen LogP contribution in [-0.4, -0.2) is 43.2 Å². The predicted molar refractivity (Wildman–Crippen MR) is 84.0 cm³/mol. The van der Waals surface area contributed by atoms with Crippen molar-refractivity contribution in [2.75, 3.05) is 20.1 Å². The molecular weight excluding hydrogens is 264 g/mol. The van der Waals surface area contributed by atoms with E-state index in [2.05, 4.69) is 24.3 Å². The van der Waals surface area contributed by atoms with E-state index < -0.39 is 0 Å². The highest BCUT2D eigenvalue weighted by Crippen LogP contribution is 2.20. The molecule has 1 heterocycles. The second kappa shape index (κ2) is 8.15. The summed E-state index contributed by atoms with van der Waals surface area (Å²) in [5.41, 5.74) is 6.93. The fraction of sp³-hybridized carbons (Fsp3) is 0.588. The van der Waals surface area contributed by atoms with Gasteiger partial charge < -0.3 is 15.4 Å². The van der Waals surface area contributed by atoms with Gasteiger partial charge in [0.25, 0.3) is 5.91 Å². The van der Waals surface area contributed by atoms with Crippen molar-refractivity contribution in [3.8, 4) is 0 Å². The summed E-state index contributed by atoms with van der Waals surface area (Å²) in [6.07, 6.45) is 4.66. The number of rotatable bonds is 7. The monoisotopic (exact) mass is 290 g/mol. The largest absolute Gasteiger partial charge is 0.364 e. The number of aryl methyl sites for hydroxylation is 1. The molecule has 0 radical (unpaired) electrons. The van der Waals surface area contributed by atoms with E-state index in [0.29, 0.717) is 6.54 Å².